The van der Waals surface area contributed by atoms with Crippen molar-refractivity contribution in [3.63, 3.8) is 0 Å². The Morgan fingerprint density at radius 2 is 2.09 bits per heavy atom. The lowest BCUT2D eigenvalue weighted by atomic mass is 9.91. The minimum Gasteiger partial charge on any atom is -0.493 e. The highest BCUT2D eigenvalue weighted by atomic mass is 32.1. The molecule has 0 amide bonds. The van der Waals surface area contributed by atoms with Gasteiger partial charge in [0.2, 0.25) is 0 Å². The summed E-state index contributed by atoms with van der Waals surface area (Å²) in [5.41, 5.74) is 4.40. The Bertz CT molecular complexity index is 1120. The van der Waals surface area contributed by atoms with Crippen LogP contribution in [-0.2, 0) is 16.0 Å². The topological polar surface area (TPSA) is 59.0 Å². The van der Waals surface area contributed by atoms with Crippen LogP contribution in [-0.4, -0.2) is 41.3 Å². The molecular weight excluding hydrogens is 434 g/mol. The SMILES string of the molecule is Cc1sc(C2=CC(C)N(C)C=C2)c(-c2ccc3c(c2)CCCO3)c1C(OC(C)(C)C)C(=O)O. The van der Waals surface area contributed by atoms with Gasteiger partial charge in [-0.15, -0.1) is 11.3 Å². The zero-order chi connectivity index (χ0) is 23.9. The van der Waals surface area contributed by atoms with Gasteiger partial charge in [0.15, 0.2) is 6.10 Å². The number of rotatable bonds is 5. The smallest absolute Gasteiger partial charge is 0.337 e. The number of carboxylic acid groups (broad SMARTS) is 1. The maximum Gasteiger partial charge on any atom is 0.337 e. The number of carboxylic acids is 1. The van der Waals surface area contributed by atoms with E-state index in [1.165, 1.54) is 5.56 Å². The van der Waals surface area contributed by atoms with Gasteiger partial charge in [-0.2, -0.15) is 0 Å². The maximum atomic E-state index is 12.5. The third kappa shape index (κ3) is 4.87. The Morgan fingerprint density at radius 1 is 1.33 bits per heavy atom. The van der Waals surface area contributed by atoms with Gasteiger partial charge >= 0.3 is 5.97 Å². The molecule has 1 aromatic carbocycles. The first-order chi connectivity index (χ1) is 15.5. The summed E-state index contributed by atoms with van der Waals surface area (Å²) in [6.07, 6.45) is 7.33. The van der Waals surface area contributed by atoms with Crippen molar-refractivity contribution in [2.75, 3.05) is 13.7 Å². The molecule has 1 aromatic heterocycles. The van der Waals surface area contributed by atoms with Crippen LogP contribution in [0.1, 0.15) is 61.1 Å². The minimum atomic E-state index is -1.05. The van der Waals surface area contributed by atoms with Gasteiger partial charge in [-0.25, -0.2) is 4.79 Å². The number of benzene rings is 1. The average Bonchev–Trinajstić information content (AvgIpc) is 3.09. The van der Waals surface area contributed by atoms with Crippen LogP contribution in [0.25, 0.3) is 16.7 Å². The van der Waals surface area contributed by atoms with Gasteiger partial charge in [0.05, 0.1) is 12.2 Å². The highest BCUT2D eigenvalue weighted by Gasteiger charge is 2.34. The van der Waals surface area contributed by atoms with Crippen LogP contribution in [0.4, 0.5) is 0 Å². The van der Waals surface area contributed by atoms with Crippen LogP contribution in [0, 0.1) is 6.92 Å². The number of likely N-dealkylation sites (N-methyl/N-ethyl adjacent to an activating group) is 1. The van der Waals surface area contributed by atoms with Gasteiger partial charge in [-0.1, -0.05) is 12.1 Å². The first-order valence-electron chi connectivity index (χ1n) is 11.5. The van der Waals surface area contributed by atoms with Gasteiger partial charge in [0, 0.05) is 34.0 Å². The quantitative estimate of drug-likeness (QED) is 0.566. The second-order valence-electron chi connectivity index (χ2n) is 9.84. The lowest BCUT2D eigenvalue weighted by molar-refractivity contribution is -0.160. The molecule has 6 heteroatoms. The summed E-state index contributed by atoms with van der Waals surface area (Å²) in [5, 5.41) is 10.2. The molecule has 3 heterocycles. The number of aliphatic carboxylic acids is 1. The van der Waals surface area contributed by atoms with Crippen LogP contribution in [0.5, 0.6) is 5.75 Å². The van der Waals surface area contributed by atoms with Crippen LogP contribution in [0.2, 0.25) is 0 Å². The number of fused-ring (bicyclic) bond motifs is 1. The molecule has 0 spiro atoms. The van der Waals surface area contributed by atoms with E-state index in [9.17, 15) is 9.90 Å². The standard InChI is InChI=1S/C27H33NO4S/c1-16-14-20(11-12-28(16)6)25-23(19-9-10-21-18(15-19)8-7-13-31-21)22(17(2)33-25)24(26(29)30)32-27(3,4)5/h9-12,14-16,24H,7-8,13H2,1-6H3,(H,29,30). The van der Waals surface area contributed by atoms with Gasteiger partial charge in [0.1, 0.15) is 5.75 Å². The Morgan fingerprint density at radius 3 is 2.76 bits per heavy atom. The van der Waals surface area contributed by atoms with E-state index in [4.69, 9.17) is 9.47 Å². The number of hydrogen-bond donors (Lipinski definition) is 1. The molecule has 176 valence electrons. The van der Waals surface area contributed by atoms with E-state index in [1.807, 2.05) is 33.8 Å². The lowest BCUT2D eigenvalue weighted by Crippen LogP contribution is -2.27. The lowest BCUT2D eigenvalue weighted by Gasteiger charge is -2.27. The molecule has 0 bridgehead atoms. The Kier molecular flexibility index (Phi) is 6.43. The van der Waals surface area contributed by atoms with E-state index in [0.717, 1.165) is 57.2 Å². The highest BCUT2D eigenvalue weighted by molar-refractivity contribution is 7.14. The van der Waals surface area contributed by atoms with E-state index >= 15 is 0 Å². The molecule has 2 unspecified atom stereocenters. The molecule has 5 nitrogen and oxygen atoms in total. The monoisotopic (exact) mass is 467 g/mol. The predicted molar refractivity (Wildman–Crippen MR) is 134 cm³/mol. The van der Waals surface area contributed by atoms with Crippen LogP contribution in [0.3, 0.4) is 0 Å². The van der Waals surface area contributed by atoms with Crippen LogP contribution < -0.4 is 4.74 Å². The number of allylic oxidation sites excluding steroid dienone is 2. The van der Waals surface area contributed by atoms with E-state index < -0.39 is 17.7 Å². The van der Waals surface area contributed by atoms with Crippen molar-refractivity contribution in [2.24, 2.45) is 0 Å². The number of thiophene rings is 1. The Labute approximate surface area is 200 Å². The normalized spacial score (nSPS) is 19.0. The fourth-order valence-corrected chi connectivity index (χ4v) is 5.59. The van der Waals surface area contributed by atoms with Gasteiger partial charge in [-0.05, 0) is 88.6 Å². The number of ether oxygens (including phenoxy) is 2. The van der Waals surface area contributed by atoms with Crippen molar-refractivity contribution in [1.29, 1.82) is 0 Å². The van der Waals surface area contributed by atoms with E-state index in [1.54, 1.807) is 11.3 Å². The van der Waals surface area contributed by atoms with Crippen molar-refractivity contribution in [2.45, 2.75) is 65.2 Å². The van der Waals surface area contributed by atoms with Gasteiger partial charge < -0.3 is 19.5 Å². The molecule has 0 saturated carbocycles. The maximum absolute atomic E-state index is 12.5. The van der Waals surface area contributed by atoms with Crippen LogP contribution in [0.15, 0.2) is 36.6 Å². The van der Waals surface area contributed by atoms with E-state index in [2.05, 4.69) is 49.4 Å². The highest BCUT2D eigenvalue weighted by Crippen LogP contribution is 2.47. The Balaban J connectivity index is 1.94. The number of nitrogens with zero attached hydrogens (tertiary/aromatic N) is 1. The summed E-state index contributed by atoms with van der Waals surface area (Å²) in [6, 6.07) is 6.49. The molecule has 0 fully saturated rings. The largest absolute Gasteiger partial charge is 0.493 e. The predicted octanol–water partition coefficient (Wildman–Crippen LogP) is 6.22. The van der Waals surface area contributed by atoms with Crippen molar-refractivity contribution in [3.05, 3.63) is 57.4 Å². The molecule has 2 atom stereocenters. The summed E-state index contributed by atoms with van der Waals surface area (Å²) < 4.78 is 11.9. The van der Waals surface area contributed by atoms with Crippen molar-refractivity contribution < 1.29 is 19.4 Å². The third-order valence-corrected chi connectivity index (χ3v) is 7.27. The van der Waals surface area contributed by atoms with Gasteiger partial charge in [-0.3, -0.25) is 0 Å². The van der Waals surface area contributed by atoms with Crippen molar-refractivity contribution >= 4 is 22.9 Å². The minimum absolute atomic E-state index is 0.252. The van der Waals surface area contributed by atoms with Gasteiger partial charge in [0.25, 0.3) is 0 Å². The van der Waals surface area contributed by atoms with Crippen molar-refractivity contribution in [1.82, 2.24) is 4.90 Å². The summed E-state index contributed by atoms with van der Waals surface area (Å²) in [7, 11) is 2.06. The first-order valence-corrected chi connectivity index (χ1v) is 12.3. The number of hydrogen-bond acceptors (Lipinski definition) is 5. The molecule has 4 rings (SSSR count). The second kappa shape index (κ2) is 8.99. The van der Waals surface area contributed by atoms with E-state index in [0.29, 0.717) is 0 Å². The van der Waals surface area contributed by atoms with Crippen molar-refractivity contribution in [3.8, 4) is 16.9 Å². The second-order valence-corrected chi connectivity index (χ2v) is 11.1. The summed E-state index contributed by atoms with van der Waals surface area (Å²) >= 11 is 1.64. The number of aryl methyl sites for hydroxylation is 2. The molecule has 2 aliphatic rings. The molecule has 0 radical (unpaired) electrons. The molecule has 33 heavy (non-hydrogen) atoms. The zero-order valence-corrected chi connectivity index (χ0v) is 21.1. The zero-order valence-electron chi connectivity index (χ0n) is 20.3. The molecule has 1 N–H and O–H groups in total. The van der Waals surface area contributed by atoms with E-state index in [-0.39, 0.29) is 6.04 Å². The summed E-state index contributed by atoms with van der Waals surface area (Å²) in [5.74, 6) is -0.0472. The summed E-state index contributed by atoms with van der Waals surface area (Å²) in [6.45, 7) is 10.6. The number of carbonyl (C=O) groups is 1. The average molecular weight is 468 g/mol. The molecule has 0 saturated heterocycles. The summed E-state index contributed by atoms with van der Waals surface area (Å²) in [4.78, 5) is 16.7. The third-order valence-electron chi connectivity index (χ3n) is 6.10. The Hall–Kier alpha value is -2.57. The fourth-order valence-electron chi connectivity index (χ4n) is 4.38. The van der Waals surface area contributed by atoms with Crippen LogP contribution >= 0.6 is 11.3 Å². The molecule has 2 aromatic rings. The first kappa shape index (κ1) is 23.6. The fraction of sp³-hybridized carbons (Fsp3) is 0.444. The molecular formula is C27H33NO4S. The molecule has 2 aliphatic heterocycles. The molecule has 0 aliphatic carbocycles.